The van der Waals surface area contributed by atoms with E-state index in [1.54, 1.807) is 31.4 Å². The highest BCUT2D eigenvalue weighted by atomic mass is 16.5. The number of ether oxygens (including phenoxy) is 1. The minimum Gasteiger partial charge on any atom is -0.380 e. The molecule has 0 atom stereocenters. The van der Waals surface area contributed by atoms with Crippen LogP contribution in [0.15, 0.2) is 48.5 Å². The van der Waals surface area contributed by atoms with Crippen LogP contribution in [0.4, 0.5) is 5.69 Å². The summed E-state index contributed by atoms with van der Waals surface area (Å²) in [5.74, 6) is -0.0912. The van der Waals surface area contributed by atoms with Crippen LogP contribution in [0.1, 0.15) is 16.7 Å². The third-order valence-corrected chi connectivity index (χ3v) is 3.26. The number of rotatable bonds is 7. The maximum atomic E-state index is 11.9. The first-order valence-corrected chi connectivity index (χ1v) is 7.29. The molecule has 2 aromatic carbocycles. The van der Waals surface area contributed by atoms with Crippen molar-refractivity contribution in [1.29, 1.82) is 5.26 Å². The highest BCUT2D eigenvalue weighted by Crippen LogP contribution is 2.08. The van der Waals surface area contributed by atoms with Crippen LogP contribution in [-0.4, -0.2) is 19.6 Å². The number of carbonyl (C=O) groups excluding carboxylic acids is 1. The van der Waals surface area contributed by atoms with Crippen LogP contribution >= 0.6 is 0 Å². The summed E-state index contributed by atoms with van der Waals surface area (Å²) in [5, 5.41) is 14.6. The second-order valence-corrected chi connectivity index (χ2v) is 5.07. The Morgan fingerprint density at radius 1 is 1.17 bits per heavy atom. The van der Waals surface area contributed by atoms with Crippen LogP contribution in [0.2, 0.25) is 0 Å². The lowest BCUT2D eigenvalue weighted by atomic mass is 10.1. The highest BCUT2D eigenvalue weighted by Gasteiger charge is 2.02. The van der Waals surface area contributed by atoms with E-state index in [-0.39, 0.29) is 12.5 Å². The fraction of sp³-hybridized carbons (Fsp3) is 0.222. The molecular weight excluding hydrogens is 290 g/mol. The molecule has 0 heterocycles. The van der Waals surface area contributed by atoms with Crippen molar-refractivity contribution in [3.05, 3.63) is 65.2 Å². The van der Waals surface area contributed by atoms with Gasteiger partial charge in [0.05, 0.1) is 24.8 Å². The van der Waals surface area contributed by atoms with Gasteiger partial charge in [0.2, 0.25) is 5.91 Å². The third kappa shape index (κ3) is 5.46. The Balaban J connectivity index is 1.78. The second kappa shape index (κ2) is 8.57. The summed E-state index contributed by atoms with van der Waals surface area (Å²) in [7, 11) is 1.66. The van der Waals surface area contributed by atoms with Gasteiger partial charge in [-0.2, -0.15) is 5.26 Å². The van der Waals surface area contributed by atoms with Crippen molar-refractivity contribution in [2.75, 3.05) is 19.0 Å². The lowest BCUT2D eigenvalue weighted by Gasteiger charge is -2.09. The van der Waals surface area contributed by atoms with Gasteiger partial charge in [0.15, 0.2) is 0 Å². The summed E-state index contributed by atoms with van der Waals surface area (Å²) in [6.45, 7) is 1.22. The van der Waals surface area contributed by atoms with E-state index in [2.05, 4.69) is 16.7 Å². The van der Waals surface area contributed by atoms with Gasteiger partial charge in [-0.15, -0.1) is 0 Å². The Morgan fingerprint density at radius 2 is 1.91 bits per heavy atom. The normalized spacial score (nSPS) is 9.91. The van der Waals surface area contributed by atoms with Crippen molar-refractivity contribution in [3.63, 3.8) is 0 Å². The molecule has 0 fully saturated rings. The fourth-order valence-corrected chi connectivity index (χ4v) is 2.10. The lowest BCUT2D eigenvalue weighted by Crippen LogP contribution is -2.29. The van der Waals surface area contributed by atoms with Gasteiger partial charge in [-0.05, 0) is 35.4 Å². The second-order valence-electron chi connectivity index (χ2n) is 5.07. The largest absolute Gasteiger partial charge is 0.380 e. The SMILES string of the molecule is COCc1cccc(CNC(=O)CNc2ccc(C#N)cc2)c1. The summed E-state index contributed by atoms with van der Waals surface area (Å²) in [6.07, 6.45) is 0. The predicted molar refractivity (Wildman–Crippen MR) is 88.6 cm³/mol. The Labute approximate surface area is 135 Å². The average molecular weight is 309 g/mol. The van der Waals surface area contributed by atoms with Gasteiger partial charge in [-0.25, -0.2) is 0 Å². The van der Waals surface area contributed by atoms with Gasteiger partial charge < -0.3 is 15.4 Å². The molecule has 1 amide bonds. The van der Waals surface area contributed by atoms with Crippen molar-refractivity contribution in [1.82, 2.24) is 5.32 Å². The lowest BCUT2D eigenvalue weighted by molar-refractivity contribution is -0.119. The van der Waals surface area contributed by atoms with Gasteiger partial charge in [-0.1, -0.05) is 24.3 Å². The Kier molecular flexibility index (Phi) is 6.16. The monoisotopic (exact) mass is 309 g/mol. The number of benzene rings is 2. The van der Waals surface area contributed by atoms with E-state index in [1.165, 1.54) is 0 Å². The summed E-state index contributed by atoms with van der Waals surface area (Å²) in [4.78, 5) is 11.9. The van der Waals surface area contributed by atoms with Crippen LogP contribution in [-0.2, 0) is 22.7 Å². The van der Waals surface area contributed by atoms with Gasteiger partial charge in [-0.3, -0.25) is 4.79 Å². The summed E-state index contributed by atoms with van der Waals surface area (Å²) >= 11 is 0. The zero-order valence-electron chi connectivity index (χ0n) is 13.0. The molecule has 2 aromatic rings. The van der Waals surface area contributed by atoms with E-state index in [9.17, 15) is 4.79 Å². The molecular formula is C18H19N3O2. The number of nitriles is 1. The molecule has 0 spiro atoms. The first kappa shape index (κ1) is 16.5. The van der Waals surface area contributed by atoms with Crippen molar-refractivity contribution < 1.29 is 9.53 Å². The molecule has 0 aromatic heterocycles. The smallest absolute Gasteiger partial charge is 0.239 e. The Morgan fingerprint density at radius 3 is 2.61 bits per heavy atom. The number of nitrogens with zero attached hydrogens (tertiary/aromatic N) is 1. The Hall–Kier alpha value is -2.84. The quantitative estimate of drug-likeness (QED) is 0.824. The van der Waals surface area contributed by atoms with Crippen molar-refractivity contribution in [2.45, 2.75) is 13.2 Å². The zero-order valence-corrected chi connectivity index (χ0v) is 13.0. The summed E-state index contributed by atoms with van der Waals surface area (Å²) in [5.41, 5.74) is 3.51. The van der Waals surface area contributed by atoms with E-state index in [1.807, 2.05) is 24.3 Å². The minimum atomic E-state index is -0.0912. The van der Waals surface area contributed by atoms with Crippen molar-refractivity contribution >= 4 is 11.6 Å². The number of hydrogen-bond donors (Lipinski definition) is 2. The number of amides is 1. The maximum Gasteiger partial charge on any atom is 0.239 e. The summed E-state index contributed by atoms with van der Waals surface area (Å²) in [6, 6.07) is 16.9. The number of hydrogen-bond acceptors (Lipinski definition) is 4. The van der Waals surface area contributed by atoms with Crippen molar-refractivity contribution in [2.24, 2.45) is 0 Å². The standard InChI is InChI=1S/C18H19N3O2/c1-23-13-16-4-2-3-15(9-16)11-21-18(22)12-20-17-7-5-14(10-19)6-8-17/h2-9,20H,11-13H2,1H3,(H,21,22). The third-order valence-electron chi connectivity index (χ3n) is 3.26. The van der Waals surface area contributed by atoms with E-state index >= 15 is 0 Å². The average Bonchev–Trinajstić information content (AvgIpc) is 2.59. The molecule has 0 aliphatic rings. The molecule has 5 nitrogen and oxygen atoms in total. The molecule has 2 N–H and O–H groups in total. The molecule has 0 radical (unpaired) electrons. The molecule has 0 unspecified atom stereocenters. The van der Waals surface area contributed by atoms with Crippen LogP contribution in [0, 0.1) is 11.3 Å². The minimum absolute atomic E-state index is 0.0912. The van der Waals surface area contributed by atoms with Gasteiger partial charge >= 0.3 is 0 Å². The van der Waals surface area contributed by atoms with E-state index in [0.29, 0.717) is 18.7 Å². The predicted octanol–water partition coefficient (Wildman–Crippen LogP) is 2.43. The molecule has 23 heavy (non-hydrogen) atoms. The topological polar surface area (TPSA) is 74.2 Å². The molecule has 0 saturated carbocycles. The molecule has 5 heteroatoms. The molecule has 2 rings (SSSR count). The number of nitrogens with one attached hydrogen (secondary N) is 2. The molecule has 0 saturated heterocycles. The van der Waals surface area contributed by atoms with Crippen LogP contribution in [0.25, 0.3) is 0 Å². The van der Waals surface area contributed by atoms with Crippen molar-refractivity contribution in [3.8, 4) is 6.07 Å². The van der Waals surface area contributed by atoms with Crippen LogP contribution in [0.5, 0.6) is 0 Å². The number of anilines is 1. The van der Waals surface area contributed by atoms with E-state index < -0.39 is 0 Å². The van der Waals surface area contributed by atoms with Crippen LogP contribution < -0.4 is 10.6 Å². The van der Waals surface area contributed by atoms with E-state index in [0.717, 1.165) is 16.8 Å². The van der Waals surface area contributed by atoms with Crippen LogP contribution in [0.3, 0.4) is 0 Å². The number of carbonyl (C=O) groups is 1. The first-order valence-electron chi connectivity index (χ1n) is 7.29. The zero-order chi connectivity index (χ0) is 16.5. The maximum absolute atomic E-state index is 11.9. The molecule has 0 aliphatic carbocycles. The Bertz CT molecular complexity index is 690. The highest BCUT2D eigenvalue weighted by molar-refractivity contribution is 5.80. The molecule has 0 bridgehead atoms. The number of methoxy groups -OCH3 is 1. The van der Waals surface area contributed by atoms with Gasteiger partial charge in [0.1, 0.15) is 0 Å². The van der Waals surface area contributed by atoms with Gasteiger partial charge in [0, 0.05) is 19.3 Å². The molecule has 118 valence electrons. The van der Waals surface area contributed by atoms with Gasteiger partial charge in [0.25, 0.3) is 0 Å². The van der Waals surface area contributed by atoms with E-state index in [4.69, 9.17) is 10.00 Å². The summed E-state index contributed by atoms with van der Waals surface area (Å²) < 4.78 is 5.10. The molecule has 0 aliphatic heterocycles. The fourth-order valence-electron chi connectivity index (χ4n) is 2.10. The first-order chi connectivity index (χ1) is 11.2.